The minimum atomic E-state index is -0.525. The zero-order valence-electron chi connectivity index (χ0n) is 17.2. The van der Waals surface area contributed by atoms with Gasteiger partial charge in [-0.15, -0.1) is 0 Å². The number of nitrogens with one attached hydrogen (secondary N) is 3. The second-order valence-electron chi connectivity index (χ2n) is 6.98. The Labute approximate surface area is 193 Å². The lowest BCUT2D eigenvalue weighted by atomic mass is 10.1. The zero-order chi connectivity index (χ0) is 23.1. The van der Waals surface area contributed by atoms with E-state index in [-0.39, 0.29) is 30.3 Å². The lowest BCUT2D eigenvalue weighted by Gasteiger charge is -2.13. The second kappa shape index (κ2) is 10.7. The number of para-hydroxylation sites is 1. The molecule has 0 heterocycles. The Morgan fingerprint density at radius 2 is 1.62 bits per heavy atom. The second-order valence-corrected chi connectivity index (χ2v) is 7.83. The minimum Gasteiger partial charge on any atom is -0.351 e. The molecule has 3 N–H and O–H groups in total. The summed E-state index contributed by atoms with van der Waals surface area (Å²) in [6.45, 7) is 1.82. The normalized spacial score (nSPS) is 10.3. The maximum atomic E-state index is 13.4. The average Bonchev–Trinajstić information content (AvgIpc) is 2.77. The predicted octanol–water partition coefficient (Wildman–Crippen LogP) is 4.91. The number of amides is 3. The zero-order valence-corrected chi connectivity index (χ0v) is 18.8. The molecule has 0 fully saturated rings. The van der Waals surface area contributed by atoms with Gasteiger partial charge in [0.15, 0.2) is 0 Å². The lowest BCUT2D eigenvalue weighted by Crippen LogP contribution is -2.28. The molecule has 0 atom stereocenters. The number of halogens is 2. The summed E-state index contributed by atoms with van der Waals surface area (Å²) in [6, 6.07) is 18.0. The first kappa shape index (κ1) is 23.1. The van der Waals surface area contributed by atoms with Gasteiger partial charge in [-0.1, -0.05) is 24.3 Å². The van der Waals surface area contributed by atoms with E-state index in [0.29, 0.717) is 27.0 Å². The van der Waals surface area contributed by atoms with Crippen LogP contribution in [-0.4, -0.2) is 24.3 Å². The van der Waals surface area contributed by atoms with Gasteiger partial charge < -0.3 is 16.0 Å². The summed E-state index contributed by atoms with van der Waals surface area (Å²) in [4.78, 5) is 37.1. The quantitative estimate of drug-likeness (QED) is 0.433. The summed E-state index contributed by atoms with van der Waals surface area (Å²) in [5.74, 6) is -1.62. The Hall–Kier alpha value is -3.52. The van der Waals surface area contributed by atoms with Crippen molar-refractivity contribution in [3.8, 4) is 0 Å². The summed E-state index contributed by atoms with van der Waals surface area (Å²) < 4.78 is 13.8. The largest absolute Gasteiger partial charge is 0.351 e. The van der Waals surface area contributed by atoms with E-state index in [1.165, 1.54) is 12.1 Å². The molecule has 0 aliphatic carbocycles. The first-order valence-corrected chi connectivity index (χ1v) is 10.6. The van der Waals surface area contributed by atoms with Gasteiger partial charge in [0.1, 0.15) is 5.82 Å². The molecule has 32 heavy (non-hydrogen) atoms. The molecule has 0 spiro atoms. The molecule has 3 rings (SSSR count). The summed E-state index contributed by atoms with van der Waals surface area (Å²) in [5, 5.41) is 8.18. The van der Waals surface area contributed by atoms with Crippen LogP contribution in [0.25, 0.3) is 0 Å². The maximum absolute atomic E-state index is 13.4. The first-order chi connectivity index (χ1) is 15.3. The third-order valence-electron chi connectivity index (χ3n) is 4.69. The van der Waals surface area contributed by atoms with Crippen molar-refractivity contribution in [2.75, 3.05) is 17.2 Å². The highest BCUT2D eigenvalue weighted by Crippen LogP contribution is 2.21. The fourth-order valence-electron chi connectivity index (χ4n) is 3.01. The van der Waals surface area contributed by atoms with Crippen LogP contribution in [0.15, 0.2) is 71.2 Å². The van der Waals surface area contributed by atoms with Gasteiger partial charge in [0, 0.05) is 34.4 Å². The molecule has 0 unspecified atom stereocenters. The Balaban J connectivity index is 1.57. The van der Waals surface area contributed by atoms with Gasteiger partial charge in [-0.05, 0) is 70.9 Å². The van der Waals surface area contributed by atoms with E-state index in [1.807, 2.05) is 18.2 Å². The average molecular weight is 498 g/mol. The molecule has 8 heteroatoms. The number of carbonyl (C=O) groups excluding carboxylic acids is 3. The number of hydrogen-bond acceptors (Lipinski definition) is 3. The highest BCUT2D eigenvalue weighted by atomic mass is 79.9. The van der Waals surface area contributed by atoms with Gasteiger partial charge in [-0.25, -0.2) is 4.39 Å². The van der Waals surface area contributed by atoms with Gasteiger partial charge >= 0.3 is 0 Å². The molecule has 164 valence electrons. The summed E-state index contributed by atoms with van der Waals surface area (Å²) in [7, 11) is 0. The molecule has 3 aromatic carbocycles. The Morgan fingerprint density at radius 3 is 2.38 bits per heavy atom. The van der Waals surface area contributed by atoms with Crippen LogP contribution in [0.3, 0.4) is 0 Å². The van der Waals surface area contributed by atoms with E-state index in [1.54, 1.807) is 37.3 Å². The van der Waals surface area contributed by atoms with Gasteiger partial charge in [0.05, 0.1) is 5.56 Å². The Bertz CT molecular complexity index is 1150. The van der Waals surface area contributed by atoms with Crippen molar-refractivity contribution in [3.05, 3.63) is 93.7 Å². The van der Waals surface area contributed by atoms with Crippen LogP contribution in [0, 0.1) is 12.7 Å². The highest BCUT2D eigenvalue weighted by Gasteiger charge is 2.15. The lowest BCUT2D eigenvalue weighted by molar-refractivity contribution is -0.116. The van der Waals surface area contributed by atoms with Crippen molar-refractivity contribution in [2.45, 2.75) is 13.3 Å². The van der Waals surface area contributed by atoms with E-state index >= 15 is 0 Å². The van der Waals surface area contributed by atoms with E-state index in [4.69, 9.17) is 0 Å². The van der Waals surface area contributed by atoms with Crippen molar-refractivity contribution < 1.29 is 18.8 Å². The highest BCUT2D eigenvalue weighted by molar-refractivity contribution is 9.10. The SMILES string of the molecule is Cc1c(NC(=O)CCNC(=O)c2cc(F)ccc2Br)cccc1C(=O)Nc1ccccc1. The predicted molar refractivity (Wildman–Crippen MR) is 125 cm³/mol. The molecule has 0 radical (unpaired) electrons. The van der Waals surface area contributed by atoms with Gasteiger partial charge in [-0.3, -0.25) is 14.4 Å². The van der Waals surface area contributed by atoms with Crippen LogP contribution in [0.2, 0.25) is 0 Å². The standard InChI is InChI=1S/C24H21BrFN3O3/c1-15-18(24(32)28-17-6-3-2-4-7-17)8-5-9-21(15)29-22(30)12-13-27-23(31)19-14-16(26)10-11-20(19)25/h2-11,14H,12-13H2,1H3,(H,27,31)(H,28,32)(H,29,30). The number of anilines is 2. The number of benzene rings is 3. The van der Waals surface area contributed by atoms with Crippen LogP contribution in [0.4, 0.5) is 15.8 Å². The topological polar surface area (TPSA) is 87.3 Å². The molecule has 3 amide bonds. The van der Waals surface area contributed by atoms with Crippen LogP contribution in [0.1, 0.15) is 32.7 Å². The molecule has 0 aromatic heterocycles. The van der Waals surface area contributed by atoms with E-state index < -0.39 is 11.7 Å². The Morgan fingerprint density at radius 1 is 0.875 bits per heavy atom. The maximum Gasteiger partial charge on any atom is 0.256 e. The third kappa shape index (κ3) is 6.01. The summed E-state index contributed by atoms with van der Waals surface area (Å²) >= 11 is 3.20. The van der Waals surface area contributed by atoms with Crippen molar-refractivity contribution in [3.63, 3.8) is 0 Å². The van der Waals surface area contributed by atoms with Crippen LogP contribution in [-0.2, 0) is 4.79 Å². The molecule has 6 nitrogen and oxygen atoms in total. The van der Waals surface area contributed by atoms with Crippen molar-refractivity contribution in [1.29, 1.82) is 0 Å². The number of hydrogen-bond donors (Lipinski definition) is 3. The van der Waals surface area contributed by atoms with Crippen LogP contribution in [0.5, 0.6) is 0 Å². The third-order valence-corrected chi connectivity index (χ3v) is 5.39. The van der Waals surface area contributed by atoms with E-state index in [9.17, 15) is 18.8 Å². The van der Waals surface area contributed by atoms with Crippen LogP contribution >= 0.6 is 15.9 Å². The molecule has 3 aromatic rings. The molecular weight excluding hydrogens is 477 g/mol. The van der Waals surface area contributed by atoms with Crippen LogP contribution < -0.4 is 16.0 Å². The Kier molecular flexibility index (Phi) is 7.72. The van der Waals surface area contributed by atoms with Gasteiger partial charge in [-0.2, -0.15) is 0 Å². The molecule has 0 saturated carbocycles. The van der Waals surface area contributed by atoms with E-state index in [2.05, 4.69) is 31.9 Å². The number of rotatable bonds is 7. The molecule has 0 aliphatic heterocycles. The van der Waals surface area contributed by atoms with Crippen molar-refractivity contribution >= 4 is 45.0 Å². The minimum absolute atomic E-state index is 0.0125. The van der Waals surface area contributed by atoms with E-state index in [0.717, 1.165) is 6.07 Å². The molecule has 0 aliphatic rings. The van der Waals surface area contributed by atoms with Gasteiger partial charge in [0.25, 0.3) is 11.8 Å². The molecule has 0 saturated heterocycles. The first-order valence-electron chi connectivity index (χ1n) is 9.84. The van der Waals surface area contributed by atoms with Gasteiger partial charge in [0.2, 0.25) is 5.91 Å². The number of carbonyl (C=O) groups is 3. The smallest absolute Gasteiger partial charge is 0.256 e. The summed E-state index contributed by atoms with van der Waals surface area (Å²) in [6.07, 6.45) is 0.0125. The molecule has 0 bridgehead atoms. The fourth-order valence-corrected chi connectivity index (χ4v) is 3.43. The monoisotopic (exact) mass is 497 g/mol. The van der Waals surface area contributed by atoms with Crippen molar-refractivity contribution in [1.82, 2.24) is 5.32 Å². The van der Waals surface area contributed by atoms with Crippen molar-refractivity contribution in [2.24, 2.45) is 0 Å². The fraction of sp³-hybridized carbons (Fsp3) is 0.125. The summed E-state index contributed by atoms with van der Waals surface area (Å²) in [5.41, 5.74) is 2.40. The molecular formula is C24H21BrFN3O3.